The van der Waals surface area contributed by atoms with Crippen molar-refractivity contribution in [1.82, 2.24) is 0 Å². The predicted molar refractivity (Wildman–Crippen MR) is 11.6 cm³/mol. The first kappa shape index (κ1) is 15.7. The van der Waals surface area contributed by atoms with Gasteiger partial charge in [0.05, 0.1) is 14.9 Å². The van der Waals surface area contributed by atoms with E-state index in [9.17, 15) is 0 Å². The van der Waals surface area contributed by atoms with Crippen molar-refractivity contribution >= 4 is 25.8 Å². The molecule has 0 atom stereocenters. The molecule has 0 saturated heterocycles. The molecular formula is H3ClInO5+3. The summed E-state index contributed by atoms with van der Waals surface area (Å²) in [7, 11) is -4.69. The van der Waals surface area contributed by atoms with Crippen LogP contribution >= 0.6 is 0 Å². The summed E-state index contributed by atoms with van der Waals surface area (Å²) in [6, 6.07) is 0. The van der Waals surface area contributed by atoms with Crippen LogP contribution in [0.4, 0.5) is 0 Å². The molecule has 0 bridgehead atoms. The van der Waals surface area contributed by atoms with E-state index < -0.39 is 10.2 Å². The minimum absolute atomic E-state index is 0. The van der Waals surface area contributed by atoms with Crippen molar-refractivity contribution in [2.45, 2.75) is 0 Å². The average Bonchev–Trinajstić information content (AvgIpc) is 0.722. The summed E-state index contributed by atoms with van der Waals surface area (Å²) in [5, 5.41) is 0. The van der Waals surface area contributed by atoms with Crippen molar-refractivity contribution in [3.05, 3.63) is 0 Å². The van der Waals surface area contributed by atoms with Gasteiger partial charge in [-0.1, -0.05) is 0 Å². The molecule has 0 aliphatic rings. The van der Waals surface area contributed by atoms with Gasteiger partial charge in [0.2, 0.25) is 0 Å². The van der Waals surface area contributed by atoms with E-state index in [0.29, 0.717) is 0 Å². The van der Waals surface area contributed by atoms with Crippen LogP contribution in [-0.4, -0.2) is 36.0 Å². The van der Waals surface area contributed by atoms with E-state index in [4.69, 9.17) is 18.6 Å². The first-order valence-electron chi connectivity index (χ1n) is 0.632. The van der Waals surface area contributed by atoms with Crippen LogP contribution in [0.2, 0.25) is 0 Å². The van der Waals surface area contributed by atoms with E-state index in [2.05, 4.69) is 0 Å². The normalized spacial score (nSPS) is 8.57. The van der Waals surface area contributed by atoms with Crippen molar-refractivity contribution in [1.29, 1.82) is 0 Å². The van der Waals surface area contributed by atoms with Gasteiger partial charge in [-0.15, -0.1) is 0 Å². The van der Waals surface area contributed by atoms with Gasteiger partial charge in [0.25, 0.3) is 0 Å². The smallest absolute Gasteiger partial charge is 0.412 e. The number of rotatable bonds is 0. The molecule has 0 spiro atoms. The first-order valence-corrected chi connectivity index (χ1v) is 1.90. The summed E-state index contributed by atoms with van der Waals surface area (Å²) in [5.41, 5.74) is 0. The molecule has 0 aromatic carbocycles. The van der Waals surface area contributed by atoms with Crippen LogP contribution in [-0.2, 0) is 0 Å². The van der Waals surface area contributed by atoms with E-state index in [0.717, 1.165) is 0 Å². The molecule has 0 amide bonds. The van der Waals surface area contributed by atoms with Gasteiger partial charge in [0.15, 0.2) is 0 Å². The van der Waals surface area contributed by atoms with Gasteiger partial charge in [0, 0.05) is 0 Å². The van der Waals surface area contributed by atoms with Crippen LogP contribution in [0.25, 0.3) is 0 Å². The zero-order valence-corrected chi connectivity index (χ0v) is 7.18. The molecule has 7 heteroatoms. The van der Waals surface area contributed by atoms with Crippen LogP contribution in [0.1, 0.15) is 0 Å². The molecule has 3 N–H and O–H groups in total. The van der Waals surface area contributed by atoms with Crippen LogP contribution in [0.5, 0.6) is 0 Å². The molecule has 5 nitrogen and oxygen atoms in total. The Bertz CT molecular complexity index is 23.6. The van der Waals surface area contributed by atoms with E-state index in [1.54, 1.807) is 0 Å². The third kappa shape index (κ3) is 186. The quantitative estimate of drug-likeness (QED) is 0.449. The zero-order chi connectivity index (χ0) is 4.50. The molecule has 0 heterocycles. The van der Waals surface area contributed by atoms with E-state index in [1.807, 2.05) is 0 Å². The maximum absolute atomic E-state index is 8.60. The van der Waals surface area contributed by atoms with Crippen molar-refractivity contribution in [3.63, 3.8) is 0 Å². The molecule has 0 aromatic rings. The third-order valence-corrected chi connectivity index (χ3v) is 0. The Morgan fingerprint density at radius 1 is 1.14 bits per heavy atom. The maximum Gasteiger partial charge on any atom is 3.00 e. The number of hydrogen-bond donors (Lipinski definition) is 1. The second kappa shape index (κ2) is 5.10. The molecule has 0 radical (unpaired) electrons. The molecule has 40 valence electrons. The molecule has 0 saturated carbocycles. The molecule has 0 aliphatic heterocycles. The van der Waals surface area contributed by atoms with Gasteiger partial charge < -0.3 is 5.48 Å². The fourth-order valence-corrected chi connectivity index (χ4v) is 0. The number of hydrogen-bond acceptors (Lipinski definition) is 4. The molecular weight excluding hydrogens is 230 g/mol. The van der Waals surface area contributed by atoms with Gasteiger partial charge in [-0.2, -0.15) is 14.0 Å². The van der Waals surface area contributed by atoms with Crippen LogP contribution in [0, 0.1) is 10.2 Å². The predicted octanol–water partition coefficient (Wildman–Crippen LogP) is -5.33. The Balaban J connectivity index is -0.0000000800. The van der Waals surface area contributed by atoms with E-state index in [1.165, 1.54) is 0 Å². The maximum atomic E-state index is 8.60. The van der Waals surface area contributed by atoms with Gasteiger partial charge in [0.1, 0.15) is 0 Å². The Morgan fingerprint density at radius 2 is 1.14 bits per heavy atom. The Hall–Kier alpha value is 0.960. The van der Waals surface area contributed by atoms with Crippen LogP contribution in [0.15, 0.2) is 0 Å². The minimum atomic E-state index is -4.69. The summed E-state index contributed by atoms with van der Waals surface area (Å²) in [6.07, 6.45) is 0. The SMILES string of the molecule is O.[In+3].[O-][Cl+3]([O-])([O-])O. The summed E-state index contributed by atoms with van der Waals surface area (Å²) in [6.45, 7) is 0. The molecule has 0 fully saturated rings. The van der Waals surface area contributed by atoms with E-state index >= 15 is 0 Å². The number of halogens is 1. The van der Waals surface area contributed by atoms with Crippen LogP contribution in [0.3, 0.4) is 0 Å². The Kier molecular flexibility index (Phi) is 11.4. The summed E-state index contributed by atoms with van der Waals surface area (Å²) in [5.74, 6) is 0. The largest absolute Gasteiger partial charge is 3.00 e. The molecule has 7 heavy (non-hydrogen) atoms. The molecule has 0 rings (SSSR count). The molecule has 0 aromatic heterocycles. The van der Waals surface area contributed by atoms with Gasteiger partial charge >= 0.3 is 25.8 Å². The second-order valence-electron chi connectivity index (χ2n) is 0.396. The molecule has 0 aliphatic carbocycles. The monoisotopic (exact) mass is 233 g/mol. The summed E-state index contributed by atoms with van der Waals surface area (Å²) < 4.78 is 32.7. The fourth-order valence-electron chi connectivity index (χ4n) is 0. The Morgan fingerprint density at radius 3 is 1.14 bits per heavy atom. The minimum Gasteiger partial charge on any atom is -0.412 e. The zero-order valence-electron chi connectivity index (χ0n) is 3.13. The van der Waals surface area contributed by atoms with Crippen molar-refractivity contribution < 1.29 is 34.4 Å². The average molecular weight is 233 g/mol. The van der Waals surface area contributed by atoms with Crippen molar-refractivity contribution in [3.8, 4) is 0 Å². The third-order valence-electron chi connectivity index (χ3n) is 0. The van der Waals surface area contributed by atoms with Crippen LogP contribution < -0.4 is 14.0 Å². The van der Waals surface area contributed by atoms with Crippen molar-refractivity contribution in [2.75, 3.05) is 0 Å². The van der Waals surface area contributed by atoms with Gasteiger partial charge in [-0.25, -0.2) is 0 Å². The first-order chi connectivity index (χ1) is 2.00. The fraction of sp³-hybridized carbons (Fsp3) is 0. The summed E-state index contributed by atoms with van der Waals surface area (Å²) >= 11 is 0. The van der Waals surface area contributed by atoms with Crippen molar-refractivity contribution in [2.24, 2.45) is 0 Å². The second-order valence-corrected chi connectivity index (χ2v) is 1.19. The van der Waals surface area contributed by atoms with E-state index in [-0.39, 0.29) is 31.3 Å². The van der Waals surface area contributed by atoms with Gasteiger partial charge in [-0.3, -0.25) is 0 Å². The van der Waals surface area contributed by atoms with Gasteiger partial charge in [-0.05, 0) is 0 Å². The summed E-state index contributed by atoms with van der Waals surface area (Å²) in [4.78, 5) is 0. The Labute approximate surface area is 60.4 Å². The molecule has 0 unspecified atom stereocenters. The standard InChI is InChI=1S/ClHO4.In.H2O/c2-1(3,4)5;;/h(H,2,3,4,5);;1H2/q;+3;. The topological polar surface area (TPSA) is 121 Å².